The monoisotopic (exact) mass is 313 g/mol. The molecule has 0 aromatic heterocycles. The van der Waals surface area contributed by atoms with E-state index in [9.17, 15) is 13.2 Å². The molecule has 1 rings (SSSR count). The van der Waals surface area contributed by atoms with Crippen molar-refractivity contribution in [2.45, 2.75) is 32.6 Å². The Bertz CT molecular complexity index is 616. The summed E-state index contributed by atoms with van der Waals surface area (Å²) in [5.74, 6) is -0.599. The number of hydrogen-bond acceptors (Lipinski definition) is 4. The lowest BCUT2D eigenvalue weighted by Crippen LogP contribution is -2.41. The molecule has 0 saturated carbocycles. The molecular formula is C14H23N3O3S. The van der Waals surface area contributed by atoms with E-state index in [1.54, 1.807) is 26.0 Å². The number of benzene rings is 1. The van der Waals surface area contributed by atoms with Crippen molar-refractivity contribution in [3.63, 3.8) is 0 Å². The zero-order valence-corrected chi connectivity index (χ0v) is 13.7. The van der Waals surface area contributed by atoms with E-state index in [1.165, 1.54) is 0 Å². The number of hydrogen-bond donors (Lipinski definition) is 2. The molecule has 0 unspecified atom stereocenters. The number of nitrogens with two attached hydrogens (primary N) is 2. The minimum atomic E-state index is -3.79. The summed E-state index contributed by atoms with van der Waals surface area (Å²) in [4.78, 5) is 11.4. The number of carbonyl (C=O) groups excluding carboxylic acids is 1. The Balaban J connectivity index is 3.38. The van der Waals surface area contributed by atoms with Crippen LogP contribution in [0.1, 0.15) is 25.0 Å². The molecule has 1 aromatic carbocycles. The predicted molar refractivity (Wildman–Crippen MR) is 83.1 cm³/mol. The number of amides is 1. The van der Waals surface area contributed by atoms with Crippen molar-refractivity contribution in [1.82, 2.24) is 4.31 Å². The Kier molecular flexibility index (Phi) is 5.36. The van der Waals surface area contributed by atoms with Crippen LogP contribution in [0.2, 0.25) is 0 Å². The van der Waals surface area contributed by atoms with Crippen molar-refractivity contribution in [3.05, 3.63) is 23.3 Å². The van der Waals surface area contributed by atoms with Gasteiger partial charge in [0, 0.05) is 12.2 Å². The molecule has 0 saturated heterocycles. The van der Waals surface area contributed by atoms with Gasteiger partial charge in [-0.2, -0.15) is 4.31 Å². The Morgan fingerprint density at radius 3 is 2.10 bits per heavy atom. The summed E-state index contributed by atoms with van der Waals surface area (Å²) in [5, 5.41) is 0. The molecule has 0 aliphatic heterocycles. The van der Waals surface area contributed by atoms with Crippen molar-refractivity contribution in [1.29, 1.82) is 0 Å². The number of sulfonamides is 1. The normalized spacial score (nSPS) is 12.1. The third-order valence-electron chi connectivity index (χ3n) is 2.98. The van der Waals surface area contributed by atoms with Gasteiger partial charge in [0.2, 0.25) is 15.9 Å². The molecule has 0 fully saturated rings. The standard InChI is InChI=1S/C14H23N3O3S/c1-9(2)7-17(8-13(16)18)21(19,20)14-10(3)5-12(15)6-11(14)4/h5-6,9H,7-8,15H2,1-4H3,(H2,16,18). The molecule has 6 nitrogen and oxygen atoms in total. The van der Waals surface area contributed by atoms with Gasteiger partial charge in [0.1, 0.15) is 0 Å². The second kappa shape index (κ2) is 6.44. The fourth-order valence-electron chi connectivity index (χ4n) is 2.35. The quantitative estimate of drug-likeness (QED) is 0.764. The van der Waals surface area contributed by atoms with Crippen LogP contribution >= 0.6 is 0 Å². The van der Waals surface area contributed by atoms with E-state index in [0.29, 0.717) is 16.8 Å². The van der Waals surface area contributed by atoms with Gasteiger partial charge in [-0.3, -0.25) is 4.79 Å². The highest BCUT2D eigenvalue weighted by atomic mass is 32.2. The van der Waals surface area contributed by atoms with Gasteiger partial charge in [0.15, 0.2) is 0 Å². The minimum Gasteiger partial charge on any atom is -0.399 e. The van der Waals surface area contributed by atoms with Gasteiger partial charge in [0.25, 0.3) is 0 Å². The van der Waals surface area contributed by atoms with Crippen molar-refractivity contribution < 1.29 is 13.2 Å². The Labute approximate surface area is 126 Å². The maximum Gasteiger partial charge on any atom is 0.244 e. The third-order valence-corrected chi connectivity index (χ3v) is 5.10. The molecule has 0 bridgehead atoms. The molecule has 0 aliphatic carbocycles. The van der Waals surface area contributed by atoms with Crippen molar-refractivity contribution in [2.75, 3.05) is 18.8 Å². The van der Waals surface area contributed by atoms with Gasteiger partial charge >= 0.3 is 0 Å². The second-order valence-corrected chi connectivity index (χ2v) is 7.52. The summed E-state index contributed by atoms with van der Waals surface area (Å²) < 4.78 is 26.8. The van der Waals surface area contributed by atoms with Crippen LogP contribution in [0.15, 0.2) is 17.0 Å². The molecule has 7 heteroatoms. The van der Waals surface area contributed by atoms with Gasteiger partial charge in [0.05, 0.1) is 11.4 Å². The number of nitrogens with zero attached hydrogens (tertiary/aromatic N) is 1. The van der Waals surface area contributed by atoms with Crippen molar-refractivity contribution in [3.8, 4) is 0 Å². The van der Waals surface area contributed by atoms with E-state index in [2.05, 4.69) is 0 Å². The number of rotatable bonds is 6. The molecule has 0 atom stereocenters. The number of primary amides is 1. The molecule has 1 aromatic rings. The molecule has 0 spiro atoms. The van der Waals surface area contributed by atoms with Gasteiger partial charge < -0.3 is 11.5 Å². The first-order valence-corrected chi connectivity index (χ1v) is 8.15. The number of aryl methyl sites for hydroxylation is 2. The average molecular weight is 313 g/mol. The van der Waals surface area contributed by atoms with Crippen LogP contribution in [0.5, 0.6) is 0 Å². The van der Waals surface area contributed by atoms with Gasteiger partial charge in [-0.05, 0) is 43.0 Å². The zero-order valence-electron chi connectivity index (χ0n) is 12.9. The fraction of sp³-hybridized carbons (Fsp3) is 0.500. The molecule has 0 aliphatic rings. The lowest BCUT2D eigenvalue weighted by molar-refractivity contribution is -0.118. The van der Waals surface area contributed by atoms with E-state index < -0.39 is 15.9 Å². The van der Waals surface area contributed by atoms with Gasteiger partial charge in [-0.1, -0.05) is 13.8 Å². The van der Waals surface area contributed by atoms with E-state index >= 15 is 0 Å². The zero-order chi connectivity index (χ0) is 16.4. The summed E-state index contributed by atoms with van der Waals surface area (Å²) in [6.07, 6.45) is 0. The summed E-state index contributed by atoms with van der Waals surface area (Å²) >= 11 is 0. The van der Waals surface area contributed by atoms with Crippen LogP contribution in [0.3, 0.4) is 0 Å². The molecule has 118 valence electrons. The number of anilines is 1. The largest absolute Gasteiger partial charge is 0.399 e. The van der Waals surface area contributed by atoms with E-state index in [-0.39, 0.29) is 23.9 Å². The highest BCUT2D eigenvalue weighted by molar-refractivity contribution is 7.89. The molecule has 0 radical (unpaired) electrons. The Hall–Kier alpha value is -1.60. The summed E-state index contributed by atoms with van der Waals surface area (Å²) in [5.41, 5.74) is 12.5. The Morgan fingerprint density at radius 2 is 1.71 bits per heavy atom. The second-order valence-electron chi connectivity index (χ2n) is 5.64. The third kappa shape index (κ3) is 4.18. The first-order chi connectivity index (χ1) is 9.55. The maximum absolute atomic E-state index is 12.8. The summed E-state index contributed by atoms with van der Waals surface area (Å²) in [7, 11) is -3.79. The maximum atomic E-state index is 12.8. The highest BCUT2D eigenvalue weighted by Crippen LogP contribution is 2.26. The van der Waals surface area contributed by atoms with Crippen LogP contribution in [-0.4, -0.2) is 31.7 Å². The predicted octanol–water partition coefficient (Wildman–Crippen LogP) is 1.02. The van der Waals surface area contributed by atoms with Crippen LogP contribution < -0.4 is 11.5 Å². The molecular weight excluding hydrogens is 290 g/mol. The minimum absolute atomic E-state index is 0.0773. The highest BCUT2D eigenvalue weighted by Gasteiger charge is 2.29. The first-order valence-electron chi connectivity index (χ1n) is 6.71. The van der Waals surface area contributed by atoms with E-state index in [4.69, 9.17) is 11.5 Å². The topological polar surface area (TPSA) is 106 Å². The molecule has 0 heterocycles. The Morgan fingerprint density at radius 1 is 1.24 bits per heavy atom. The van der Waals surface area contributed by atoms with Crippen LogP contribution in [-0.2, 0) is 14.8 Å². The molecule has 1 amide bonds. The average Bonchev–Trinajstić information content (AvgIpc) is 2.24. The smallest absolute Gasteiger partial charge is 0.244 e. The van der Waals surface area contributed by atoms with Gasteiger partial charge in [-0.25, -0.2) is 8.42 Å². The number of nitrogen functional groups attached to an aromatic ring is 1. The van der Waals surface area contributed by atoms with E-state index in [1.807, 2.05) is 13.8 Å². The molecule has 4 N–H and O–H groups in total. The van der Waals surface area contributed by atoms with Crippen LogP contribution in [0.4, 0.5) is 5.69 Å². The van der Waals surface area contributed by atoms with Gasteiger partial charge in [-0.15, -0.1) is 0 Å². The van der Waals surface area contributed by atoms with Crippen LogP contribution in [0, 0.1) is 19.8 Å². The SMILES string of the molecule is Cc1cc(N)cc(C)c1S(=O)(=O)N(CC(N)=O)CC(C)C. The van der Waals surface area contributed by atoms with E-state index in [0.717, 1.165) is 4.31 Å². The molecule has 21 heavy (non-hydrogen) atoms. The lowest BCUT2D eigenvalue weighted by Gasteiger charge is -2.24. The van der Waals surface area contributed by atoms with Crippen molar-refractivity contribution >= 4 is 21.6 Å². The summed E-state index contributed by atoms with van der Waals surface area (Å²) in [6, 6.07) is 3.22. The van der Waals surface area contributed by atoms with Crippen molar-refractivity contribution in [2.24, 2.45) is 11.7 Å². The first kappa shape index (κ1) is 17.5. The summed E-state index contributed by atoms with van der Waals surface area (Å²) in [6.45, 7) is 7.04. The number of carbonyl (C=O) groups is 1. The van der Waals surface area contributed by atoms with Crippen LogP contribution in [0.25, 0.3) is 0 Å². The fourth-order valence-corrected chi connectivity index (χ4v) is 4.33. The lowest BCUT2D eigenvalue weighted by atomic mass is 10.1.